The predicted molar refractivity (Wildman–Crippen MR) is 428 cm³/mol. The average molecular weight is 1340 g/mol. The third kappa shape index (κ3) is 20.5. The average Bonchev–Trinajstić information content (AvgIpc) is 1.63. The number of nitrogens with zero attached hydrogens (tertiary/aromatic N) is 4. The molecule has 10 rings (SSSR count). The Morgan fingerprint density at radius 3 is 1.28 bits per heavy atom. The number of hydrogen-bond acceptors (Lipinski definition) is 3. The molecule has 4 aromatic rings. The zero-order valence-electron chi connectivity index (χ0n) is 63.2. The SMILES string of the molecule is CCCCCCC1=CC2=C3C=C(CCCCCC)C(=N3)C=Cc3[nH]c(cc3CCCCCC)C3=[NH+]C(=C(CCCCCC)C3=C=C=C=C=C3C4=NC(=C3CCCCCC)/C=C\c3[nH]c(cc3CCCCCC)-c3cc(CCCCCC)c([n-]3)C=Cc3[nH]c4cc3CCCCCC)C=CC1=N2. The zero-order valence-corrected chi connectivity index (χ0v) is 63.2. The first-order valence-corrected chi connectivity index (χ1v) is 40.6. The van der Waals surface area contributed by atoms with E-state index >= 15 is 0 Å². The van der Waals surface area contributed by atoms with Gasteiger partial charge in [-0.25, -0.2) is 20.0 Å². The monoisotopic (exact) mass is 1340 g/mol. The van der Waals surface area contributed by atoms with Gasteiger partial charge in [-0.15, -0.1) is 11.4 Å². The van der Waals surface area contributed by atoms with E-state index in [0.29, 0.717) is 0 Å². The second kappa shape index (κ2) is 40.1. The number of nitrogens with one attached hydrogen (secondary N) is 4. The third-order valence-corrected chi connectivity index (χ3v) is 21.2. The van der Waals surface area contributed by atoms with E-state index in [4.69, 9.17) is 20.0 Å². The van der Waals surface area contributed by atoms with Crippen LogP contribution in [0.5, 0.6) is 0 Å². The minimum absolute atomic E-state index is 0.885. The molecule has 0 atom stereocenters. The molecule has 16 bridgehead atoms. The Bertz CT molecular complexity index is 4040. The molecule has 530 valence electrons. The summed E-state index contributed by atoms with van der Waals surface area (Å²) in [6, 6.07) is 9.58. The van der Waals surface area contributed by atoms with Crippen LogP contribution in [0.25, 0.3) is 35.7 Å². The van der Waals surface area contributed by atoms with Crippen LogP contribution in [0.15, 0.2) is 155 Å². The van der Waals surface area contributed by atoms with Crippen LogP contribution >= 0.6 is 0 Å². The van der Waals surface area contributed by atoms with Gasteiger partial charge in [0.05, 0.1) is 39.8 Å². The van der Waals surface area contributed by atoms with Crippen molar-refractivity contribution in [2.24, 2.45) is 15.0 Å². The molecule has 8 heteroatoms. The van der Waals surface area contributed by atoms with Crippen LogP contribution < -0.4 is 9.98 Å². The van der Waals surface area contributed by atoms with Crippen LogP contribution in [-0.4, -0.2) is 37.8 Å². The summed E-state index contributed by atoms with van der Waals surface area (Å²) in [5.41, 5.74) is 44.1. The number of allylic oxidation sites excluding steroid dienone is 12. The molecule has 100 heavy (non-hydrogen) atoms. The lowest BCUT2D eigenvalue weighted by molar-refractivity contribution is -0.386. The van der Waals surface area contributed by atoms with Crippen molar-refractivity contribution in [1.29, 1.82) is 0 Å². The molecule has 0 spiro atoms. The first kappa shape index (κ1) is 75.0. The number of aromatic amines is 3. The summed E-state index contributed by atoms with van der Waals surface area (Å²) in [6.07, 6.45) is 69.1. The van der Waals surface area contributed by atoms with Gasteiger partial charge in [0.1, 0.15) is 17.0 Å². The lowest BCUT2D eigenvalue weighted by atomic mass is 9.95. The van der Waals surface area contributed by atoms with E-state index in [2.05, 4.69) is 183 Å². The molecule has 10 heterocycles. The van der Waals surface area contributed by atoms with E-state index in [0.717, 1.165) is 218 Å². The highest BCUT2D eigenvalue weighted by Gasteiger charge is 2.34. The molecule has 8 nitrogen and oxygen atoms in total. The van der Waals surface area contributed by atoms with Crippen molar-refractivity contribution in [2.45, 2.75) is 312 Å². The van der Waals surface area contributed by atoms with Crippen molar-refractivity contribution < 1.29 is 4.99 Å². The van der Waals surface area contributed by atoms with Gasteiger partial charge in [-0.1, -0.05) is 233 Å². The fourth-order valence-electron chi connectivity index (χ4n) is 15.1. The standard InChI is InChI=1S/C92H121N8/c1-9-17-25-33-43-67-61-85-87-63-69(45-35-27-19-11-3)79(95-87)57-59-83-73(49-39-31-23-15-7)75(91(99-83)89-65-71(47-37-29-21-13-5)81(97-89)55-53-77(67)93-85)51-41-42-52-76-74(50-40-32-24-16-8)84-60-58-80-70(46-36-28-20-12-4)64-88(96-80)86-62-68(44-34-26-18-10-2)78(94-86)54-56-82-72(48-38-30-22-14-6)66-90(98-82)92(76)100-84/h53-66,95,97-98H,9-40,43-50H2,1-8H3/q-1/p+1/b55-53?,56-54?,59-57-,60-58?,88-86?. The highest BCUT2D eigenvalue weighted by molar-refractivity contribution is 6.18. The summed E-state index contributed by atoms with van der Waals surface area (Å²) >= 11 is 0. The molecule has 6 aliphatic heterocycles. The number of rotatable bonds is 40. The number of hydrogen-bond donors (Lipinski definition) is 4. The van der Waals surface area contributed by atoms with Crippen LogP contribution in [-0.2, 0) is 25.7 Å². The quantitative estimate of drug-likeness (QED) is 0.0258. The van der Waals surface area contributed by atoms with E-state index in [1.165, 1.54) is 186 Å². The Morgan fingerprint density at radius 1 is 0.350 bits per heavy atom. The Kier molecular flexibility index (Phi) is 30.1. The topological polar surface area (TPSA) is 113 Å². The van der Waals surface area contributed by atoms with Crippen LogP contribution in [0.3, 0.4) is 0 Å². The summed E-state index contributed by atoms with van der Waals surface area (Å²) in [6.45, 7) is 18.4. The van der Waals surface area contributed by atoms with Gasteiger partial charge in [0, 0.05) is 34.4 Å². The second-order valence-corrected chi connectivity index (χ2v) is 29.3. The smallest absolute Gasteiger partial charge is 0.244 e. The number of aromatic nitrogens is 4. The molecule has 0 radical (unpaired) electrons. The molecular weight excluding hydrogens is 1220 g/mol. The highest BCUT2D eigenvalue weighted by atomic mass is 14.9. The first-order chi connectivity index (χ1) is 49.3. The predicted octanol–water partition coefficient (Wildman–Crippen LogP) is 24.2. The van der Waals surface area contributed by atoms with Gasteiger partial charge in [0.2, 0.25) is 11.4 Å². The van der Waals surface area contributed by atoms with Gasteiger partial charge < -0.3 is 19.9 Å². The molecule has 4 aromatic heterocycles. The number of aliphatic imine (C=N–C) groups is 3. The lowest BCUT2D eigenvalue weighted by Gasteiger charge is -2.09. The van der Waals surface area contributed by atoms with Gasteiger partial charge in [0.25, 0.3) is 0 Å². The fraction of sp³-hybridized carbons (Fsp3) is 0.522. The number of H-pyrrole nitrogens is 3. The molecular formula is C92H122N8. The normalized spacial score (nSPS) is 15.6. The summed E-state index contributed by atoms with van der Waals surface area (Å²) in [5.74, 6) is 0. The van der Waals surface area contributed by atoms with E-state index < -0.39 is 0 Å². The summed E-state index contributed by atoms with van der Waals surface area (Å²) < 4.78 is 0. The number of aryl methyl sites for hydroxylation is 4. The van der Waals surface area contributed by atoms with Crippen molar-refractivity contribution in [3.63, 3.8) is 0 Å². The van der Waals surface area contributed by atoms with Gasteiger partial charge in [-0.05, 0) is 220 Å². The van der Waals surface area contributed by atoms with E-state index in [-0.39, 0.29) is 0 Å². The first-order valence-electron chi connectivity index (χ1n) is 40.6. The third-order valence-electron chi connectivity index (χ3n) is 21.2. The Morgan fingerprint density at radius 2 is 0.760 bits per heavy atom. The van der Waals surface area contributed by atoms with Gasteiger partial charge >= 0.3 is 0 Å². The van der Waals surface area contributed by atoms with Crippen LogP contribution in [0.1, 0.15) is 343 Å². The van der Waals surface area contributed by atoms with Gasteiger partial charge in [-0.2, -0.15) is 0 Å². The van der Waals surface area contributed by atoms with Crippen molar-refractivity contribution in [3.8, 4) is 11.4 Å². The summed E-state index contributed by atoms with van der Waals surface area (Å²) in [4.78, 5) is 38.2. The van der Waals surface area contributed by atoms with Crippen molar-refractivity contribution in [1.82, 2.24) is 19.9 Å². The van der Waals surface area contributed by atoms with Crippen molar-refractivity contribution >= 4 is 47.2 Å². The van der Waals surface area contributed by atoms with Gasteiger partial charge in [0.15, 0.2) is 0 Å². The minimum atomic E-state index is 0.885. The van der Waals surface area contributed by atoms with Crippen molar-refractivity contribution in [2.75, 3.05) is 0 Å². The molecule has 0 aliphatic carbocycles. The lowest BCUT2D eigenvalue weighted by Crippen LogP contribution is -2.68. The van der Waals surface area contributed by atoms with Gasteiger partial charge in [-0.3, -0.25) is 0 Å². The maximum atomic E-state index is 5.73. The molecule has 0 unspecified atom stereocenters. The Labute approximate surface area is 603 Å². The van der Waals surface area contributed by atoms with Crippen LogP contribution in [0.4, 0.5) is 0 Å². The number of fused-ring (bicyclic) bond motifs is 15. The molecule has 4 N–H and O–H groups in total. The van der Waals surface area contributed by atoms with Crippen molar-refractivity contribution in [3.05, 3.63) is 196 Å². The molecule has 0 fully saturated rings. The van der Waals surface area contributed by atoms with Crippen LogP contribution in [0.2, 0.25) is 0 Å². The molecule has 0 saturated carbocycles. The second-order valence-electron chi connectivity index (χ2n) is 29.3. The zero-order chi connectivity index (χ0) is 69.7. The number of unbranched alkanes of at least 4 members (excludes halogenated alkanes) is 24. The molecule has 0 saturated heterocycles. The van der Waals surface area contributed by atoms with E-state index in [9.17, 15) is 0 Å². The Hall–Kier alpha value is -7.68. The maximum absolute atomic E-state index is 5.73. The van der Waals surface area contributed by atoms with Crippen LogP contribution in [0, 0.1) is 0 Å². The summed E-state index contributed by atoms with van der Waals surface area (Å²) in [5, 5.41) is 0. The summed E-state index contributed by atoms with van der Waals surface area (Å²) in [7, 11) is 0. The Balaban J connectivity index is 1.18. The molecule has 0 aromatic carbocycles. The van der Waals surface area contributed by atoms with E-state index in [1.54, 1.807) is 0 Å². The minimum Gasteiger partial charge on any atom is -0.656 e. The largest absolute Gasteiger partial charge is 0.656 e. The van der Waals surface area contributed by atoms with E-state index in [1.807, 2.05) is 0 Å². The fourth-order valence-corrected chi connectivity index (χ4v) is 15.1. The molecule has 0 amide bonds. The maximum Gasteiger partial charge on any atom is 0.244 e. The highest BCUT2D eigenvalue weighted by Crippen LogP contribution is 2.38. The molecule has 6 aliphatic rings.